The second kappa shape index (κ2) is 7.89. The van der Waals surface area contributed by atoms with Crippen molar-refractivity contribution in [3.63, 3.8) is 0 Å². The molecule has 2 aromatic rings. The van der Waals surface area contributed by atoms with Crippen LogP contribution in [0.4, 0.5) is 0 Å². The van der Waals surface area contributed by atoms with Gasteiger partial charge in [-0.25, -0.2) is 0 Å². The molecule has 0 fully saturated rings. The lowest BCUT2D eigenvalue weighted by atomic mass is 10.1. The van der Waals surface area contributed by atoms with E-state index in [1.54, 1.807) is 33.1 Å². The van der Waals surface area contributed by atoms with Crippen LogP contribution in [-0.4, -0.2) is 37.3 Å². The Morgan fingerprint density at radius 1 is 0.955 bits per heavy atom. The van der Waals surface area contributed by atoms with Crippen LogP contribution >= 0.6 is 11.8 Å². The zero-order valence-electron chi connectivity index (χ0n) is 13.3. The summed E-state index contributed by atoms with van der Waals surface area (Å²) in [4.78, 5) is 0. The average molecular weight is 320 g/mol. The van der Waals surface area contributed by atoms with Crippen LogP contribution in [-0.2, 0) is 0 Å². The molecule has 1 aromatic heterocycles. The normalized spacial score (nSPS) is 10.4. The van der Waals surface area contributed by atoms with E-state index in [-0.39, 0.29) is 0 Å². The molecule has 118 valence electrons. The summed E-state index contributed by atoms with van der Waals surface area (Å²) in [6.45, 7) is 2.14. The number of methoxy groups -OCH3 is 3. The van der Waals surface area contributed by atoms with Crippen molar-refractivity contribution in [1.29, 1.82) is 0 Å². The lowest BCUT2D eigenvalue weighted by molar-refractivity contribution is 0.324. The molecule has 0 amide bonds. The highest BCUT2D eigenvalue weighted by molar-refractivity contribution is 7.99. The Hall–Kier alpha value is -1.95. The van der Waals surface area contributed by atoms with E-state index in [1.807, 2.05) is 24.3 Å². The molecule has 2 rings (SSSR count). The molecule has 0 radical (unpaired) electrons. The van der Waals surface area contributed by atoms with Crippen LogP contribution in [0.15, 0.2) is 29.3 Å². The Morgan fingerprint density at radius 2 is 1.64 bits per heavy atom. The lowest BCUT2D eigenvalue weighted by Gasteiger charge is -2.13. The maximum Gasteiger partial charge on any atom is 0.203 e. The van der Waals surface area contributed by atoms with Gasteiger partial charge in [-0.05, 0) is 36.4 Å². The zero-order chi connectivity index (χ0) is 15.9. The fourth-order valence-corrected chi connectivity index (χ4v) is 2.66. The van der Waals surface area contributed by atoms with E-state index in [0.717, 1.165) is 28.5 Å². The molecule has 0 aliphatic rings. The van der Waals surface area contributed by atoms with Crippen molar-refractivity contribution in [3.05, 3.63) is 24.3 Å². The van der Waals surface area contributed by atoms with Gasteiger partial charge in [-0.1, -0.05) is 6.92 Å². The van der Waals surface area contributed by atoms with Crippen molar-refractivity contribution in [3.8, 4) is 28.5 Å². The highest BCUT2D eigenvalue weighted by Gasteiger charge is 2.14. The third kappa shape index (κ3) is 3.62. The predicted octanol–water partition coefficient (Wildman–Crippen LogP) is 3.67. The molecule has 1 heterocycles. The van der Waals surface area contributed by atoms with E-state index < -0.39 is 0 Å². The first-order valence-corrected chi connectivity index (χ1v) is 7.99. The molecule has 0 bridgehead atoms. The zero-order valence-corrected chi connectivity index (χ0v) is 14.1. The Balaban J connectivity index is 2.35. The van der Waals surface area contributed by atoms with Gasteiger partial charge in [0.05, 0.1) is 27.0 Å². The largest absolute Gasteiger partial charge is 0.493 e. The molecule has 22 heavy (non-hydrogen) atoms. The van der Waals surface area contributed by atoms with Crippen LogP contribution in [0.1, 0.15) is 13.3 Å². The van der Waals surface area contributed by atoms with Crippen molar-refractivity contribution < 1.29 is 14.2 Å². The lowest BCUT2D eigenvalue weighted by Crippen LogP contribution is -1.97. The number of ether oxygens (including phenoxy) is 3. The summed E-state index contributed by atoms with van der Waals surface area (Å²) in [5.41, 5.74) is 1.63. The van der Waals surface area contributed by atoms with E-state index in [2.05, 4.69) is 17.1 Å². The first kappa shape index (κ1) is 16.4. The molecule has 0 unspecified atom stereocenters. The monoisotopic (exact) mass is 320 g/mol. The highest BCUT2D eigenvalue weighted by Crippen LogP contribution is 2.40. The fourth-order valence-electron chi connectivity index (χ4n) is 1.99. The van der Waals surface area contributed by atoms with Crippen molar-refractivity contribution in [2.45, 2.75) is 18.4 Å². The number of hydrogen-bond acceptors (Lipinski definition) is 6. The summed E-state index contributed by atoms with van der Waals surface area (Å²) in [5, 5.41) is 9.46. The van der Waals surface area contributed by atoms with Crippen molar-refractivity contribution in [1.82, 2.24) is 10.2 Å². The van der Waals surface area contributed by atoms with Gasteiger partial charge in [0.1, 0.15) is 5.03 Å². The van der Waals surface area contributed by atoms with E-state index in [0.29, 0.717) is 17.2 Å². The van der Waals surface area contributed by atoms with Crippen LogP contribution < -0.4 is 14.2 Å². The Morgan fingerprint density at radius 3 is 2.09 bits per heavy atom. The molecule has 0 spiro atoms. The van der Waals surface area contributed by atoms with Gasteiger partial charge in [-0.2, -0.15) is 0 Å². The fraction of sp³-hybridized carbons (Fsp3) is 0.375. The SMILES string of the molecule is CCCSc1ccc(-c2cc(OC)c(OC)c(OC)c2)nn1. The highest BCUT2D eigenvalue weighted by atomic mass is 32.2. The molecule has 0 N–H and O–H groups in total. The molecule has 0 aliphatic carbocycles. The maximum atomic E-state index is 5.36. The first-order chi connectivity index (χ1) is 10.7. The smallest absolute Gasteiger partial charge is 0.203 e. The average Bonchev–Trinajstić information content (AvgIpc) is 2.58. The first-order valence-electron chi connectivity index (χ1n) is 7.00. The minimum Gasteiger partial charge on any atom is -0.493 e. The number of benzene rings is 1. The number of aromatic nitrogens is 2. The van der Waals surface area contributed by atoms with Gasteiger partial charge in [0.15, 0.2) is 11.5 Å². The van der Waals surface area contributed by atoms with Crippen LogP contribution in [0.5, 0.6) is 17.2 Å². The van der Waals surface area contributed by atoms with Crippen molar-refractivity contribution in [2.75, 3.05) is 27.1 Å². The predicted molar refractivity (Wildman–Crippen MR) is 88.1 cm³/mol. The third-order valence-corrected chi connectivity index (χ3v) is 4.18. The topological polar surface area (TPSA) is 53.5 Å². The van der Waals surface area contributed by atoms with Gasteiger partial charge in [-0.15, -0.1) is 22.0 Å². The van der Waals surface area contributed by atoms with Gasteiger partial charge in [-0.3, -0.25) is 0 Å². The van der Waals surface area contributed by atoms with Crippen LogP contribution in [0.2, 0.25) is 0 Å². The van der Waals surface area contributed by atoms with Crippen molar-refractivity contribution >= 4 is 11.8 Å². The number of nitrogens with zero attached hydrogens (tertiary/aromatic N) is 2. The molecule has 5 nitrogen and oxygen atoms in total. The van der Waals surface area contributed by atoms with E-state index in [4.69, 9.17) is 14.2 Å². The quantitative estimate of drug-likeness (QED) is 0.726. The van der Waals surface area contributed by atoms with E-state index in [9.17, 15) is 0 Å². The summed E-state index contributed by atoms with van der Waals surface area (Å²) in [5.74, 6) is 2.81. The summed E-state index contributed by atoms with van der Waals surface area (Å²) in [7, 11) is 4.77. The van der Waals surface area contributed by atoms with Crippen LogP contribution in [0.25, 0.3) is 11.3 Å². The Bertz CT molecular complexity index is 592. The maximum absolute atomic E-state index is 5.36. The van der Waals surface area contributed by atoms with Gasteiger partial charge < -0.3 is 14.2 Å². The molecular weight excluding hydrogens is 300 g/mol. The Kier molecular flexibility index (Phi) is 5.89. The molecule has 6 heteroatoms. The summed E-state index contributed by atoms with van der Waals surface area (Å²) in [6.07, 6.45) is 1.11. The summed E-state index contributed by atoms with van der Waals surface area (Å²) >= 11 is 1.70. The van der Waals surface area contributed by atoms with Gasteiger partial charge >= 0.3 is 0 Å². The second-order valence-electron chi connectivity index (χ2n) is 4.52. The third-order valence-electron chi connectivity index (χ3n) is 3.05. The van der Waals surface area contributed by atoms with Crippen molar-refractivity contribution in [2.24, 2.45) is 0 Å². The minimum atomic E-state index is 0.567. The summed E-state index contributed by atoms with van der Waals surface area (Å²) in [6, 6.07) is 7.66. The minimum absolute atomic E-state index is 0.567. The molecule has 0 saturated carbocycles. The molecule has 0 atom stereocenters. The molecule has 1 aromatic carbocycles. The number of rotatable bonds is 7. The molecule has 0 aliphatic heterocycles. The van der Waals surface area contributed by atoms with Gasteiger partial charge in [0, 0.05) is 5.56 Å². The standard InChI is InChI=1S/C16H20N2O3S/c1-5-8-22-15-7-6-12(17-18-15)11-9-13(19-2)16(21-4)14(10-11)20-3/h6-7,9-10H,5,8H2,1-4H3. The second-order valence-corrected chi connectivity index (χ2v) is 5.63. The molecular formula is C16H20N2O3S. The van der Waals surface area contributed by atoms with E-state index in [1.165, 1.54) is 0 Å². The molecule has 0 saturated heterocycles. The number of hydrogen-bond donors (Lipinski definition) is 0. The summed E-state index contributed by atoms with van der Waals surface area (Å²) < 4.78 is 16.0. The van der Waals surface area contributed by atoms with Crippen LogP contribution in [0.3, 0.4) is 0 Å². The van der Waals surface area contributed by atoms with Crippen LogP contribution in [0, 0.1) is 0 Å². The number of thioether (sulfide) groups is 1. The van der Waals surface area contributed by atoms with Gasteiger partial charge in [0.2, 0.25) is 5.75 Å². The van der Waals surface area contributed by atoms with Gasteiger partial charge in [0.25, 0.3) is 0 Å². The Labute approximate surface area is 135 Å². The van der Waals surface area contributed by atoms with E-state index >= 15 is 0 Å².